The Morgan fingerprint density at radius 3 is 3.13 bits per heavy atom. The molecular weight excluding hydrogens is 186 g/mol. The summed E-state index contributed by atoms with van der Waals surface area (Å²) in [5.74, 6) is 1.14. The van der Waals surface area contributed by atoms with Gasteiger partial charge < -0.3 is 10.1 Å². The highest BCUT2D eigenvalue weighted by Crippen LogP contribution is 2.31. The molecule has 0 radical (unpaired) electrons. The number of fused-ring (bicyclic) bond motifs is 1. The quantitative estimate of drug-likeness (QED) is 0.793. The number of rotatable bonds is 2. The van der Waals surface area contributed by atoms with Crippen molar-refractivity contribution in [3.05, 3.63) is 29.3 Å². The third kappa shape index (κ3) is 1.74. The Hall–Kier alpha value is -1.02. The van der Waals surface area contributed by atoms with Gasteiger partial charge in [0.15, 0.2) is 0 Å². The van der Waals surface area contributed by atoms with Crippen LogP contribution in [0, 0.1) is 0 Å². The molecule has 1 aliphatic heterocycles. The van der Waals surface area contributed by atoms with Crippen LogP contribution >= 0.6 is 0 Å². The van der Waals surface area contributed by atoms with Crippen molar-refractivity contribution >= 4 is 0 Å². The van der Waals surface area contributed by atoms with Crippen molar-refractivity contribution in [2.45, 2.75) is 31.8 Å². The molecule has 15 heavy (non-hydrogen) atoms. The number of benzene rings is 1. The van der Waals surface area contributed by atoms with E-state index in [1.165, 1.54) is 30.4 Å². The smallest absolute Gasteiger partial charge is 0.123 e. The monoisotopic (exact) mass is 203 g/mol. The van der Waals surface area contributed by atoms with Crippen molar-refractivity contribution in [3.63, 3.8) is 0 Å². The van der Waals surface area contributed by atoms with Crippen LogP contribution in [0.2, 0.25) is 0 Å². The summed E-state index contributed by atoms with van der Waals surface area (Å²) in [5, 5.41) is 3.34. The molecule has 0 bridgehead atoms. The first kappa shape index (κ1) is 9.22. The molecule has 1 atom stereocenters. The second-order valence-corrected chi connectivity index (χ2v) is 4.48. The second kappa shape index (κ2) is 3.86. The van der Waals surface area contributed by atoms with E-state index >= 15 is 0 Å². The van der Waals surface area contributed by atoms with Gasteiger partial charge in [0.25, 0.3) is 0 Å². The molecule has 80 valence electrons. The molecule has 0 aromatic heterocycles. The standard InChI is InChI=1S/C13H17NO/c1-3-10-4-2-6-13(12(10)5-1)15-11-7-8-14-9-11/h2,4,6,11,14H,1,3,5,7-9H2. The molecule has 3 rings (SSSR count). The topological polar surface area (TPSA) is 21.3 Å². The lowest BCUT2D eigenvalue weighted by Gasteiger charge is -2.15. The summed E-state index contributed by atoms with van der Waals surface area (Å²) in [6, 6.07) is 6.49. The Balaban J connectivity index is 1.82. The molecule has 0 spiro atoms. The van der Waals surface area contributed by atoms with Crippen molar-refractivity contribution in [2.24, 2.45) is 0 Å². The average Bonchev–Trinajstić information content (AvgIpc) is 2.87. The van der Waals surface area contributed by atoms with Crippen LogP contribution in [0.5, 0.6) is 5.75 Å². The van der Waals surface area contributed by atoms with E-state index in [0.29, 0.717) is 6.10 Å². The first-order valence-electron chi connectivity index (χ1n) is 5.91. The molecule has 2 aliphatic rings. The lowest BCUT2D eigenvalue weighted by molar-refractivity contribution is 0.221. The highest BCUT2D eigenvalue weighted by molar-refractivity contribution is 5.43. The molecule has 1 aromatic carbocycles. The van der Waals surface area contributed by atoms with Gasteiger partial charge in [-0.2, -0.15) is 0 Å². The normalized spacial score (nSPS) is 24.1. The van der Waals surface area contributed by atoms with Gasteiger partial charge in [-0.25, -0.2) is 0 Å². The van der Waals surface area contributed by atoms with Gasteiger partial charge in [-0.15, -0.1) is 0 Å². The van der Waals surface area contributed by atoms with E-state index in [4.69, 9.17) is 4.74 Å². The second-order valence-electron chi connectivity index (χ2n) is 4.48. The van der Waals surface area contributed by atoms with Crippen molar-refractivity contribution in [3.8, 4) is 5.75 Å². The van der Waals surface area contributed by atoms with Gasteiger partial charge in [-0.05, 0) is 49.4 Å². The SMILES string of the molecule is c1cc2c(c(OC3CCNC3)c1)CCC2. The van der Waals surface area contributed by atoms with Crippen molar-refractivity contribution < 1.29 is 4.74 Å². The van der Waals surface area contributed by atoms with Crippen LogP contribution in [0.1, 0.15) is 24.0 Å². The van der Waals surface area contributed by atoms with Gasteiger partial charge in [0.1, 0.15) is 11.9 Å². The third-order valence-corrected chi connectivity index (χ3v) is 3.41. The minimum Gasteiger partial charge on any atom is -0.489 e. The maximum absolute atomic E-state index is 6.06. The number of hydrogen-bond acceptors (Lipinski definition) is 2. The maximum atomic E-state index is 6.06. The summed E-state index contributed by atoms with van der Waals surface area (Å²) in [6.07, 6.45) is 5.25. The first-order chi connectivity index (χ1) is 7.43. The molecule has 1 N–H and O–H groups in total. The Morgan fingerprint density at radius 2 is 2.27 bits per heavy atom. The molecule has 2 nitrogen and oxygen atoms in total. The van der Waals surface area contributed by atoms with Gasteiger partial charge >= 0.3 is 0 Å². The van der Waals surface area contributed by atoms with Crippen molar-refractivity contribution in [2.75, 3.05) is 13.1 Å². The highest BCUT2D eigenvalue weighted by atomic mass is 16.5. The maximum Gasteiger partial charge on any atom is 0.123 e. The Bertz CT molecular complexity index is 356. The minimum atomic E-state index is 0.386. The molecular formula is C13H17NO. The van der Waals surface area contributed by atoms with E-state index in [0.717, 1.165) is 25.3 Å². The molecule has 2 heteroatoms. The number of hydrogen-bond donors (Lipinski definition) is 1. The number of nitrogens with one attached hydrogen (secondary N) is 1. The molecule has 1 heterocycles. The van der Waals surface area contributed by atoms with E-state index in [-0.39, 0.29) is 0 Å². The molecule has 1 aromatic rings. The van der Waals surface area contributed by atoms with Crippen LogP contribution in [-0.2, 0) is 12.8 Å². The lowest BCUT2D eigenvalue weighted by Crippen LogP contribution is -2.20. The van der Waals surface area contributed by atoms with Crippen LogP contribution in [0.15, 0.2) is 18.2 Å². The van der Waals surface area contributed by atoms with Gasteiger partial charge in [0.2, 0.25) is 0 Å². The average molecular weight is 203 g/mol. The molecule has 1 saturated heterocycles. The van der Waals surface area contributed by atoms with E-state index in [1.807, 2.05) is 0 Å². The lowest BCUT2D eigenvalue weighted by atomic mass is 10.1. The predicted octanol–water partition coefficient (Wildman–Crippen LogP) is 1.92. The van der Waals surface area contributed by atoms with E-state index < -0.39 is 0 Å². The van der Waals surface area contributed by atoms with Gasteiger partial charge in [0, 0.05) is 6.54 Å². The Morgan fingerprint density at radius 1 is 1.27 bits per heavy atom. The Kier molecular flexibility index (Phi) is 2.37. The zero-order chi connectivity index (χ0) is 10.1. The fourth-order valence-electron chi connectivity index (χ4n) is 2.60. The van der Waals surface area contributed by atoms with Crippen molar-refractivity contribution in [1.29, 1.82) is 0 Å². The van der Waals surface area contributed by atoms with Crippen LogP contribution in [0.4, 0.5) is 0 Å². The summed E-state index contributed by atoms with van der Waals surface area (Å²) < 4.78 is 6.06. The van der Waals surface area contributed by atoms with Crippen molar-refractivity contribution in [1.82, 2.24) is 5.32 Å². The largest absolute Gasteiger partial charge is 0.489 e. The van der Waals surface area contributed by atoms with Crippen LogP contribution in [0.25, 0.3) is 0 Å². The third-order valence-electron chi connectivity index (χ3n) is 3.41. The highest BCUT2D eigenvalue weighted by Gasteiger charge is 2.20. The zero-order valence-electron chi connectivity index (χ0n) is 8.96. The molecule has 1 aliphatic carbocycles. The van der Waals surface area contributed by atoms with Crippen LogP contribution < -0.4 is 10.1 Å². The molecule has 1 unspecified atom stereocenters. The molecule has 1 fully saturated rings. The van der Waals surface area contributed by atoms with Crippen LogP contribution in [-0.4, -0.2) is 19.2 Å². The zero-order valence-corrected chi connectivity index (χ0v) is 8.96. The summed E-state index contributed by atoms with van der Waals surface area (Å²) >= 11 is 0. The van der Waals surface area contributed by atoms with Gasteiger partial charge in [-0.3, -0.25) is 0 Å². The fraction of sp³-hybridized carbons (Fsp3) is 0.538. The van der Waals surface area contributed by atoms with Gasteiger partial charge in [0.05, 0.1) is 0 Å². The van der Waals surface area contributed by atoms with E-state index in [9.17, 15) is 0 Å². The number of ether oxygens (including phenoxy) is 1. The summed E-state index contributed by atoms with van der Waals surface area (Å²) in [5.41, 5.74) is 2.96. The predicted molar refractivity (Wildman–Crippen MR) is 60.4 cm³/mol. The van der Waals surface area contributed by atoms with E-state index in [1.54, 1.807) is 0 Å². The summed E-state index contributed by atoms with van der Waals surface area (Å²) in [4.78, 5) is 0. The van der Waals surface area contributed by atoms with E-state index in [2.05, 4.69) is 23.5 Å². The first-order valence-corrected chi connectivity index (χ1v) is 5.91. The Labute approximate surface area is 90.6 Å². The summed E-state index contributed by atoms with van der Waals surface area (Å²) in [6.45, 7) is 2.10. The molecule has 0 amide bonds. The summed E-state index contributed by atoms with van der Waals surface area (Å²) in [7, 11) is 0. The fourth-order valence-corrected chi connectivity index (χ4v) is 2.60. The molecule has 0 saturated carbocycles. The van der Waals surface area contributed by atoms with Gasteiger partial charge in [-0.1, -0.05) is 12.1 Å². The van der Waals surface area contributed by atoms with Crippen LogP contribution in [0.3, 0.4) is 0 Å². The number of aryl methyl sites for hydroxylation is 1. The minimum absolute atomic E-state index is 0.386.